The van der Waals surface area contributed by atoms with Crippen LogP contribution in [0.1, 0.15) is 55.8 Å². The molecule has 5 heteroatoms. The number of rotatable bonds is 7. The molecule has 0 aliphatic carbocycles. The lowest BCUT2D eigenvalue weighted by Crippen LogP contribution is -2.43. The van der Waals surface area contributed by atoms with E-state index in [2.05, 4.69) is 41.8 Å². The Morgan fingerprint density at radius 2 is 1.80 bits per heavy atom. The average molecular weight is 343 g/mol. The van der Waals surface area contributed by atoms with E-state index in [1.54, 1.807) is 0 Å². The normalized spacial score (nSPS) is 13.5. The number of urea groups is 1. The van der Waals surface area contributed by atoms with Gasteiger partial charge in [0.25, 0.3) is 0 Å². The molecule has 0 spiro atoms. The number of carbonyl (C=O) groups excluding carboxylic acids is 1. The van der Waals surface area contributed by atoms with Crippen molar-refractivity contribution in [2.45, 2.75) is 59.5 Å². The largest absolute Gasteiger partial charge is 0.361 e. The van der Waals surface area contributed by atoms with Crippen LogP contribution in [0.2, 0.25) is 0 Å². The third-order valence-electron chi connectivity index (χ3n) is 4.28. The number of hydrogen-bond donors (Lipinski definition) is 2. The van der Waals surface area contributed by atoms with Crippen molar-refractivity contribution in [1.82, 2.24) is 15.8 Å². The maximum absolute atomic E-state index is 12.5. The van der Waals surface area contributed by atoms with Crippen LogP contribution in [0, 0.1) is 19.8 Å². The lowest BCUT2D eigenvalue weighted by Gasteiger charge is -2.23. The van der Waals surface area contributed by atoms with Gasteiger partial charge in [0.15, 0.2) is 0 Å². The summed E-state index contributed by atoms with van der Waals surface area (Å²) in [7, 11) is 0. The molecular formula is C20H29N3O2. The molecule has 1 aromatic heterocycles. The Labute approximate surface area is 150 Å². The van der Waals surface area contributed by atoms with Gasteiger partial charge in [-0.25, -0.2) is 4.79 Å². The highest BCUT2D eigenvalue weighted by Crippen LogP contribution is 2.21. The number of aromatic nitrogens is 1. The molecule has 2 aromatic rings. The van der Waals surface area contributed by atoms with E-state index in [0.29, 0.717) is 12.3 Å². The van der Waals surface area contributed by atoms with Gasteiger partial charge in [-0.15, -0.1) is 0 Å². The van der Waals surface area contributed by atoms with Gasteiger partial charge in [0.05, 0.1) is 11.7 Å². The summed E-state index contributed by atoms with van der Waals surface area (Å²) < 4.78 is 5.19. The summed E-state index contributed by atoms with van der Waals surface area (Å²) in [6, 6.07) is 9.96. The lowest BCUT2D eigenvalue weighted by molar-refractivity contribution is 0.232. The highest BCUT2D eigenvalue weighted by Gasteiger charge is 2.18. The monoisotopic (exact) mass is 343 g/mol. The van der Waals surface area contributed by atoms with E-state index >= 15 is 0 Å². The molecule has 0 saturated carbocycles. The van der Waals surface area contributed by atoms with Gasteiger partial charge in [-0.1, -0.05) is 49.3 Å². The molecule has 0 bridgehead atoms. The molecule has 136 valence electrons. The lowest BCUT2D eigenvalue weighted by atomic mass is 9.97. The van der Waals surface area contributed by atoms with E-state index in [1.165, 1.54) is 0 Å². The molecule has 2 amide bonds. The Morgan fingerprint density at radius 1 is 1.12 bits per heavy atom. The Bertz CT molecular complexity index is 660. The molecule has 0 fully saturated rings. The Kier molecular flexibility index (Phi) is 6.62. The molecule has 2 rings (SSSR count). The second-order valence-corrected chi connectivity index (χ2v) is 7.12. The summed E-state index contributed by atoms with van der Waals surface area (Å²) in [5.74, 6) is 1.30. The Balaban J connectivity index is 1.96. The molecule has 0 radical (unpaired) electrons. The van der Waals surface area contributed by atoms with Crippen molar-refractivity contribution in [1.29, 1.82) is 0 Å². The predicted octanol–water partition coefficient (Wildman–Crippen LogP) is 4.31. The number of amides is 2. The standard InChI is InChI=1S/C20H29N3O2/c1-13(2)11-19(17-9-7-6-8-10-17)22-20(24)21-14(3)12-18-15(4)23-25-16(18)5/h6-10,13-14,19H,11-12H2,1-5H3,(H2,21,22,24)/t14-,19-/m1/s1. The smallest absolute Gasteiger partial charge is 0.315 e. The number of carbonyl (C=O) groups is 1. The fourth-order valence-electron chi connectivity index (χ4n) is 3.01. The molecule has 25 heavy (non-hydrogen) atoms. The van der Waals surface area contributed by atoms with Crippen LogP contribution >= 0.6 is 0 Å². The molecule has 5 nitrogen and oxygen atoms in total. The average Bonchev–Trinajstić information content (AvgIpc) is 2.86. The van der Waals surface area contributed by atoms with Crippen LogP contribution in [0.15, 0.2) is 34.9 Å². The zero-order chi connectivity index (χ0) is 18.4. The van der Waals surface area contributed by atoms with Crippen LogP contribution in [-0.2, 0) is 6.42 Å². The van der Waals surface area contributed by atoms with Gasteiger partial charge in [-0.2, -0.15) is 0 Å². The van der Waals surface area contributed by atoms with Crippen LogP contribution in [-0.4, -0.2) is 17.2 Å². The molecule has 0 unspecified atom stereocenters. The van der Waals surface area contributed by atoms with Gasteiger partial charge in [-0.05, 0) is 45.1 Å². The minimum Gasteiger partial charge on any atom is -0.361 e. The first-order chi connectivity index (χ1) is 11.9. The van der Waals surface area contributed by atoms with E-state index in [9.17, 15) is 4.79 Å². The van der Waals surface area contributed by atoms with Crippen LogP contribution in [0.25, 0.3) is 0 Å². The first-order valence-corrected chi connectivity index (χ1v) is 8.90. The summed E-state index contributed by atoms with van der Waals surface area (Å²) >= 11 is 0. The topological polar surface area (TPSA) is 67.2 Å². The third-order valence-corrected chi connectivity index (χ3v) is 4.28. The zero-order valence-electron chi connectivity index (χ0n) is 15.8. The van der Waals surface area contributed by atoms with Gasteiger partial charge in [-0.3, -0.25) is 0 Å². The van der Waals surface area contributed by atoms with Crippen molar-refractivity contribution < 1.29 is 9.32 Å². The molecule has 1 heterocycles. The number of aryl methyl sites for hydroxylation is 2. The van der Waals surface area contributed by atoms with Crippen molar-refractivity contribution in [2.75, 3.05) is 0 Å². The van der Waals surface area contributed by atoms with Gasteiger partial charge >= 0.3 is 6.03 Å². The van der Waals surface area contributed by atoms with Crippen LogP contribution in [0.5, 0.6) is 0 Å². The molecule has 0 aliphatic rings. The summed E-state index contributed by atoms with van der Waals surface area (Å²) in [4.78, 5) is 12.5. The highest BCUT2D eigenvalue weighted by molar-refractivity contribution is 5.74. The maximum atomic E-state index is 12.5. The third kappa shape index (κ3) is 5.62. The van der Waals surface area contributed by atoms with Crippen molar-refractivity contribution in [2.24, 2.45) is 5.92 Å². The minimum atomic E-state index is -0.145. The van der Waals surface area contributed by atoms with Gasteiger partial charge in [0.2, 0.25) is 0 Å². The summed E-state index contributed by atoms with van der Waals surface area (Å²) in [5, 5.41) is 10.1. The van der Waals surface area contributed by atoms with Crippen molar-refractivity contribution >= 4 is 6.03 Å². The predicted molar refractivity (Wildman–Crippen MR) is 99.4 cm³/mol. The fraction of sp³-hybridized carbons (Fsp3) is 0.500. The molecule has 0 saturated heterocycles. The molecular weight excluding hydrogens is 314 g/mol. The summed E-state index contributed by atoms with van der Waals surface area (Å²) in [6.07, 6.45) is 1.60. The van der Waals surface area contributed by atoms with Crippen LogP contribution in [0.4, 0.5) is 4.79 Å². The summed E-state index contributed by atoms with van der Waals surface area (Å²) in [6.45, 7) is 10.1. The molecule has 1 aromatic carbocycles. The first-order valence-electron chi connectivity index (χ1n) is 8.90. The minimum absolute atomic E-state index is 0.00691. The fourth-order valence-corrected chi connectivity index (χ4v) is 3.01. The Morgan fingerprint density at radius 3 is 2.36 bits per heavy atom. The summed E-state index contributed by atoms with van der Waals surface area (Å²) in [5.41, 5.74) is 3.08. The second kappa shape index (κ2) is 8.70. The van der Waals surface area contributed by atoms with E-state index in [1.807, 2.05) is 39.0 Å². The number of nitrogens with zero attached hydrogens (tertiary/aromatic N) is 1. The van der Waals surface area contributed by atoms with E-state index in [-0.39, 0.29) is 18.1 Å². The van der Waals surface area contributed by atoms with Crippen LogP contribution < -0.4 is 10.6 Å². The van der Waals surface area contributed by atoms with Crippen LogP contribution in [0.3, 0.4) is 0 Å². The quantitative estimate of drug-likeness (QED) is 0.787. The van der Waals surface area contributed by atoms with E-state index < -0.39 is 0 Å². The van der Waals surface area contributed by atoms with Gasteiger partial charge in [0, 0.05) is 11.6 Å². The van der Waals surface area contributed by atoms with Crippen molar-refractivity contribution in [3.8, 4) is 0 Å². The number of benzene rings is 1. The van der Waals surface area contributed by atoms with Crippen molar-refractivity contribution in [3.63, 3.8) is 0 Å². The first kappa shape index (κ1) is 19.0. The second-order valence-electron chi connectivity index (χ2n) is 7.12. The molecule has 2 N–H and O–H groups in total. The molecule has 0 aliphatic heterocycles. The van der Waals surface area contributed by atoms with Crippen molar-refractivity contribution in [3.05, 3.63) is 52.9 Å². The van der Waals surface area contributed by atoms with Gasteiger partial charge < -0.3 is 15.2 Å². The molecule has 2 atom stereocenters. The highest BCUT2D eigenvalue weighted by atomic mass is 16.5. The maximum Gasteiger partial charge on any atom is 0.315 e. The Hall–Kier alpha value is -2.30. The number of hydrogen-bond acceptors (Lipinski definition) is 3. The van der Waals surface area contributed by atoms with E-state index in [0.717, 1.165) is 29.0 Å². The van der Waals surface area contributed by atoms with E-state index in [4.69, 9.17) is 4.52 Å². The SMILES string of the molecule is Cc1noc(C)c1C[C@@H](C)NC(=O)N[C@H](CC(C)C)c1ccccc1. The number of nitrogens with one attached hydrogen (secondary N) is 2. The van der Waals surface area contributed by atoms with Gasteiger partial charge in [0.1, 0.15) is 5.76 Å². The zero-order valence-corrected chi connectivity index (χ0v) is 15.8.